The molecule has 3 aromatic rings. The largest absolute Gasteiger partial charge is 0.335 e. The van der Waals surface area contributed by atoms with E-state index in [9.17, 15) is 9.18 Å². The quantitative estimate of drug-likeness (QED) is 0.661. The van der Waals surface area contributed by atoms with Crippen LogP contribution in [0, 0.1) is 5.82 Å². The molecule has 0 saturated carbocycles. The average Bonchev–Trinajstić information content (AvgIpc) is 3.23. The topological polar surface area (TPSA) is 54.3 Å². The van der Waals surface area contributed by atoms with Crippen LogP contribution < -0.4 is 0 Å². The second-order valence-corrected chi connectivity index (χ2v) is 8.94. The van der Waals surface area contributed by atoms with Gasteiger partial charge in [-0.05, 0) is 42.5 Å². The predicted molar refractivity (Wildman–Crippen MR) is 111 cm³/mol. The van der Waals surface area contributed by atoms with E-state index < -0.39 is 0 Å². The van der Waals surface area contributed by atoms with Crippen LogP contribution in [-0.2, 0) is 19.5 Å². The lowest BCUT2D eigenvalue weighted by atomic mass is 10.2. The van der Waals surface area contributed by atoms with Gasteiger partial charge in [-0.25, -0.2) is 4.39 Å². The summed E-state index contributed by atoms with van der Waals surface area (Å²) in [7, 11) is 0. The van der Waals surface area contributed by atoms with Gasteiger partial charge in [-0.15, -0.1) is 21.5 Å². The molecule has 29 heavy (non-hydrogen) atoms. The molecule has 0 aliphatic carbocycles. The minimum Gasteiger partial charge on any atom is -0.335 e. The lowest BCUT2D eigenvalue weighted by molar-refractivity contribution is 0.0628. The number of halogens is 1. The molecule has 0 spiro atoms. The molecule has 4 heterocycles. The van der Waals surface area contributed by atoms with Gasteiger partial charge < -0.3 is 9.47 Å². The van der Waals surface area contributed by atoms with Crippen LogP contribution in [0.2, 0.25) is 0 Å². The Morgan fingerprint density at radius 3 is 2.76 bits per heavy atom. The third kappa shape index (κ3) is 3.79. The summed E-state index contributed by atoms with van der Waals surface area (Å²) in [6.07, 6.45) is 4.67. The number of carbonyl (C=O) groups is 1. The fourth-order valence-corrected chi connectivity index (χ4v) is 5.26. The molecule has 0 radical (unpaired) electrons. The molecular weight excluding hydrogens is 389 g/mol. The number of hydrogen-bond acceptors (Lipinski definition) is 5. The summed E-state index contributed by atoms with van der Waals surface area (Å²) in [5, 5.41) is 9.61. The van der Waals surface area contributed by atoms with E-state index in [4.69, 9.17) is 0 Å². The van der Waals surface area contributed by atoms with E-state index in [1.165, 1.54) is 42.7 Å². The third-order valence-electron chi connectivity index (χ3n) is 5.90. The third-order valence-corrected chi connectivity index (χ3v) is 7.00. The second-order valence-electron chi connectivity index (χ2n) is 7.86. The molecule has 0 atom stereocenters. The molecule has 0 bridgehead atoms. The molecule has 1 amide bonds. The Bertz CT molecular complexity index is 1040. The highest BCUT2D eigenvalue weighted by Gasteiger charge is 2.25. The lowest BCUT2D eigenvalue weighted by Gasteiger charge is -2.34. The number of thiophene rings is 1. The van der Waals surface area contributed by atoms with Crippen LogP contribution in [0.3, 0.4) is 0 Å². The maximum absolute atomic E-state index is 13.4. The zero-order valence-electron chi connectivity index (χ0n) is 16.3. The van der Waals surface area contributed by atoms with Crippen molar-refractivity contribution in [3.05, 3.63) is 46.6 Å². The van der Waals surface area contributed by atoms with Crippen molar-refractivity contribution in [2.24, 2.45) is 0 Å². The smallest absolute Gasteiger partial charge is 0.264 e. The second kappa shape index (κ2) is 7.84. The molecule has 0 N–H and O–H groups in total. The summed E-state index contributed by atoms with van der Waals surface area (Å²) in [6, 6.07) is 6.48. The van der Waals surface area contributed by atoms with E-state index in [1.54, 1.807) is 6.07 Å². The Labute approximate surface area is 172 Å². The first kappa shape index (κ1) is 18.7. The number of piperazine rings is 1. The van der Waals surface area contributed by atoms with Crippen LogP contribution in [0.25, 0.3) is 10.1 Å². The minimum absolute atomic E-state index is 0.0441. The van der Waals surface area contributed by atoms with Crippen molar-refractivity contribution < 1.29 is 9.18 Å². The zero-order chi connectivity index (χ0) is 19.8. The van der Waals surface area contributed by atoms with Crippen LogP contribution in [0.4, 0.5) is 4.39 Å². The van der Waals surface area contributed by atoms with Gasteiger partial charge in [0.1, 0.15) is 17.5 Å². The molecule has 2 aliphatic rings. The maximum atomic E-state index is 13.4. The van der Waals surface area contributed by atoms with Crippen LogP contribution in [0.1, 0.15) is 40.6 Å². The Morgan fingerprint density at radius 2 is 1.90 bits per heavy atom. The highest BCUT2D eigenvalue weighted by molar-refractivity contribution is 7.20. The molecule has 5 rings (SSSR count). The Morgan fingerprint density at radius 1 is 1.03 bits per heavy atom. The predicted octanol–water partition coefficient (Wildman–Crippen LogP) is 3.32. The molecule has 8 heteroatoms. The Balaban J connectivity index is 1.22. The van der Waals surface area contributed by atoms with Crippen LogP contribution in [0.15, 0.2) is 24.3 Å². The summed E-state index contributed by atoms with van der Waals surface area (Å²) in [6.45, 7) is 4.85. The number of hydrogen-bond donors (Lipinski definition) is 0. The molecule has 2 aliphatic heterocycles. The number of nitrogens with zero attached hydrogens (tertiary/aromatic N) is 5. The molecule has 152 valence electrons. The average molecular weight is 414 g/mol. The van der Waals surface area contributed by atoms with Gasteiger partial charge in [0.15, 0.2) is 0 Å². The van der Waals surface area contributed by atoms with Gasteiger partial charge in [-0.3, -0.25) is 9.69 Å². The SMILES string of the molecule is O=C(c1cc2cc(F)ccc2s1)N1CCN(Cc2nnc3n2CCCCC3)CC1. The van der Waals surface area contributed by atoms with Gasteiger partial charge in [0, 0.05) is 43.8 Å². The van der Waals surface area contributed by atoms with E-state index >= 15 is 0 Å². The van der Waals surface area contributed by atoms with Crippen molar-refractivity contribution in [1.82, 2.24) is 24.6 Å². The van der Waals surface area contributed by atoms with Crippen LogP contribution in [0.5, 0.6) is 0 Å². The number of aryl methyl sites for hydroxylation is 1. The summed E-state index contributed by atoms with van der Waals surface area (Å²) < 4.78 is 16.7. The number of amides is 1. The van der Waals surface area contributed by atoms with Gasteiger partial charge >= 0.3 is 0 Å². The molecular formula is C21H24FN5OS. The summed E-state index contributed by atoms with van der Waals surface area (Å²) in [5.74, 6) is 1.94. The fraction of sp³-hybridized carbons (Fsp3) is 0.476. The minimum atomic E-state index is -0.269. The fourth-order valence-electron chi connectivity index (χ4n) is 4.25. The van der Waals surface area contributed by atoms with Gasteiger partial charge in [0.25, 0.3) is 5.91 Å². The number of rotatable bonds is 3. The number of carbonyl (C=O) groups excluding carboxylic acids is 1. The molecule has 1 fully saturated rings. The standard InChI is InChI=1S/C21H24FN5OS/c22-16-5-6-17-15(12-16)13-18(29-17)21(28)26-10-8-25(9-11-26)14-20-24-23-19-4-2-1-3-7-27(19)20/h5-6,12-13H,1-4,7-11,14H2. The summed E-state index contributed by atoms with van der Waals surface area (Å²) in [4.78, 5) is 17.8. The Hall–Kier alpha value is -2.32. The maximum Gasteiger partial charge on any atom is 0.264 e. The van der Waals surface area contributed by atoms with E-state index in [-0.39, 0.29) is 11.7 Å². The first-order valence-electron chi connectivity index (χ1n) is 10.3. The normalized spacial score (nSPS) is 18.0. The Kier molecular flexibility index (Phi) is 5.05. The van der Waals surface area contributed by atoms with Gasteiger partial charge in [-0.2, -0.15) is 0 Å². The van der Waals surface area contributed by atoms with Crippen LogP contribution in [-0.4, -0.2) is 56.7 Å². The monoisotopic (exact) mass is 413 g/mol. The first-order chi connectivity index (χ1) is 14.2. The van der Waals surface area contributed by atoms with Crippen molar-refractivity contribution in [3.8, 4) is 0 Å². The van der Waals surface area contributed by atoms with Gasteiger partial charge in [0.05, 0.1) is 11.4 Å². The van der Waals surface area contributed by atoms with Crippen LogP contribution >= 0.6 is 11.3 Å². The van der Waals surface area contributed by atoms with Gasteiger partial charge in [-0.1, -0.05) is 6.42 Å². The van der Waals surface area contributed by atoms with E-state index in [2.05, 4.69) is 19.7 Å². The zero-order valence-corrected chi connectivity index (χ0v) is 17.1. The van der Waals surface area contributed by atoms with Crippen molar-refractivity contribution in [1.29, 1.82) is 0 Å². The molecule has 1 saturated heterocycles. The van der Waals surface area contributed by atoms with E-state index in [1.807, 2.05) is 11.0 Å². The molecule has 1 aromatic carbocycles. The van der Waals surface area contributed by atoms with Gasteiger partial charge in [0.2, 0.25) is 0 Å². The number of fused-ring (bicyclic) bond motifs is 2. The summed E-state index contributed by atoms with van der Waals surface area (Å²) in [5.41, 5.74) is 0. The van der Waals surface area contributed by atoms with Crippen molar-refractivity contribution in [2.75, 3.05) is 26.2 Å². The highest BCUT2D eigenvalue weighted by Crippen LogP contribution is 2.27. The summed E-state index contributed by atoms with van der Waals surface area (Å²) >= 11 is 1.44. The van der Waals surface area contributed by atoms with Crippen molar-refractivity contribution in [3.63, 3.8) is 0 Å². The number of benzene rings is 1. The van der Waals surface area contributed by atoms with E-state index in [0.29, 0.717) is 18.0 Å². The van der Waals surface area contributed by atoms with Crippen molar-refractivity contribution >= 4 is 27.3 Å². The first-order valence-corrected chi connectivity index (χ1v) is 11.1. The van der Waals surface area contributed by atoms with E-state index in [0.717, 1.165) is 54.3 Å². The highest BCUT2D eigenvalue weighted by atomic mass is 32.1. The molecule has 0 unspecified atom stereocenters. The molecule has 6 nitrogen and oxygen atoms in total. The number of aromatic nitrogens is 3. The lowest BCUT2D eigenvalue weighted by Crippen LogP contribution is -2.48. The van der Waals surface area contributed by atoms with Crippen molar-refractivity contribution in [2.45, 2.75) is 38.8 Å². The molecule has 2 aromatic heterocycles.